The number of carboxylic acid groups (broad SMARTS) is 1. The van der Waals surface area contributed by atoms with Gasteiger partial charge in [-0.25, -0.2) is 4.39 Å². The van der Waals surface area contributed by atoms with E-state index in [1.807, 2.05) is 0 Å². The fourth-order valence-electron chi connectivity index (χ4n) is 1.38. The molecule has 0 amide bonds. The number of hydrogen-bond acceptors (Lipinski definition) is 3. The average molecular weight is 307 g/mol. The van der Waals surface area contributed by atoms with Crippen molar-refractivity contribution < 1.29 is 24.1 Å². The summed E-state index contributed by atoms with van der Waals surface area (Å²) >= 11 is 2.99. The standard InChI is InChI=1S/C11H12BrFO4/c1-5(11(15)16)3-6-9(12)7(13)4-8(17-2)10(6)14/h4-5,14H,3H2,1-2H3,(H,15,16). The number of phenolic OH excluding ortho intramolecular Hbond substituents is 1. The third-order valence-corrected chi connectivity index (χ3v) is 3.26. The Morgan fingerprint density at radius 1 is 1.65 bits per heavy atom. The predicted octanol–water partition coefficient (Wildman–Crippen LogP) is 2.57. The molecule has 0 saturated heterocycles. The predicted molar refractivity (Wildman–Crippen MR) is 62.8 cm³/mol. The summed E-state index contributed by atoms with van der Waals surface area (Å²) in [5.74, 6) is -2.61. The maximum Gasteiger partial charge on any atom is 0.306 e. The van der Waals surface area contributed by atoms with Gasteiger partial charge in [-0.15, -0.1) is 0 Å². The van der Waals surface area contributed by atoms with Gasteiger partial charge in [0.15, 0.2) is 11.5 Å². The van der Waals surface area contributed by atoms with Crippen LogP contribution in [0, 0.1) is 11.7 Å². The second-order valence-corrected chi connectivity index (χ2v) is 4.44. The molecular weight excluding hydrogens is 295 g/mol. The van der Waals surface area contributed by atoms with E-state index in [2.05, 4.69) is 15.9 Å². The molecule has 0 aliphatic heterocycles. The molecule has 4 nitrogen and oxygen atoms in total. The van der Waals surface area contributed by atoms with E-state index in [1.165, 1.54) is 14.0 Å². The summed E-state index contributed by atoms with van der Waals surface area (Å²) in [6.07, 6.45) is 0.00979. The minimum absolute atomic E-state index is 0.00979. The van der Waals surface area contributed by atoms with Crippen LogP contribution in [0.1, 0.15) is 12.5 Å². The Hall–Kier alpha value is -1.30. The molecule has 1 atom stereocenters. The molecule has 0 spiro atoms. The number of rotatable bonds is 4. The van der Waals surface area contributed by atoms with Gasteiger partial charge in [-0.1, -0.05) is 6.92 Å². The van der Waals surface area contributed by atoms with E-state index in [9.17, 15) is 14.3 Å². The number of methoxy groups -OCH3 is 1. The molecule has 2 N–H and O–H groups in total. The Balaban J connectivity index is 3.22. The zero-order chi connectivity index (χ0) is 13.2. The smallest absolute Gasteiger partial charge is 0.306 e. The quantitative estimate of drug-likeness (QED) is 0.897. The van der Waals surface area contributed by atoms with Crippen LogP contribution in [0.15, 0.2) is 10.5 Å². The Bertz CT molecular complexity index is 448. The maximum atomic E-state index is 13.5. The first kappa shape index (κ1) is 13.8. The Morgan fingerprint density at radius 2 is 2.24 bits per heavy atom. The molecular formula is C11H12BrFO4. The number of halogens is 2. The number of ether oxygens (including phenoxy) is 1. The lowest BCUT2D eigenvalue weighted by Crippen LogP contribution is -2.13. The third kappa shape index (κ3) is 2.88. The van der Waals surface area contributed by atoms with E-state index in [0.717, 1.165) is 6.07 Å². The van der Waals surface area contributed by atoms with Crippen LogP contribution < -0.4 is 4.74 Å². The Kier molecular flexibility index (Phi) is 4.34. The molecule has 94 valence electrons. The molecule has 1 aromatic rings. The van der Waals surface area contributed by atoms with Crippen molar-refractivity contribution in [2.24, 2.45) is 5.92 Å². The normalized spacial score (nSPS) is 12.2. The van der Waals surface area contributed by atoms with Gasteiger partial charge in [0.25, 0.3) is 0 Å². The molecule has 0 radical (unpaired) electrons. The molecule has 0 saturated carbocycles. The lowest BCUT2D eigenvalue weighted by atomic mass is 10.00. The molecule has 0 aromatic heterocycles. The van der Waals surface area contributed by atoms with Crippen molar-refractivity contribution in [3.8, 4) is 11.5 Å². The van der Waals surface area contributed by atoms with Crippen molar-refractivity contribution in [2.45, 2.75) is 13.3 Å². The first-order chi connectivity index (χ1) is 7.88. The van der Waals surface area contributed by atoms with Crippen LogP contribution in [0.5, 0.6) is 11.5 Å². The maximum absolute atomic E-state index is 13.5. The molecule has 0 heterocycles. The summed E-state index contributed by atoms with van der Waals surface area (Å²) in [4.78, 5) is 10.7. The molecule has 0 aliphatic rings. The summed E-state index contributed by atoms with van der Waals surface area (Å²) < 4.78 is 18.3. The number of aromatic hydroxyl groups is 1. The van der Waals surface area contributed by atoms with Crippen LogP contribution in [-0.4, -0.2) is 23.3 Å². The van der Waals surface area contributed by atoms with Gasteiger partial charge in [0, 0.05) is 11.6 Å². The van der Waals surface area contributed by atoms with Crippen LogP contribution in [0.3, 0.4) is 0 Å². The molecule has 0 fully saturated rings. The Labute approximate surface area is 106 Å². The van der Waals surface area contributed by atoms with Crippen LogP contribution in [0.25, 0.3) is 0 Å². The summed E-state index contributed by atoms with van der Waals surface area (Å²) in [6, 6.07) is 1.04. The first-order valence-electron chi connectivity index (χ1n) is 4.85. The second-order valence-electron chi connectivity index (χ2n) is 3.65. The molecule has 1 aromatic carbocycles. The van der Waals surface area contributed by atoms with Gasteiger partial charge in [-0.2, -0.15) is 0 Å². The van der Waals surface area contributed by atoms with Crippen LogP contribution in [0.2, 0.25) is 0 Å². The van der Waals surface area contributed by atoms with E-state index < -0.39 is 17.7 Å². The minimum Gasteiger partial charge on any atom is -0.504 e. The summed E-state index contributed by atoms with van der Waals surface area (Å²) in [5.41, 5.74) is 0.191. The first-order valence-corrected chi connectivity index (χ1v) is 5.64. The molecule has 1 rings (SSSR count). The van der Waals surface area contributed by atoms with Crippen LogP contribution in [-0.2, 0) is 11.2 Å². The van der Waals surface area contributed by atoms with Gasteiger partial charge in [-0.3, -0.25) is 4.79 Å². The average Bonchev–Trinajstić information content (AvgIpc) is 2.28. The minimum atomic E-state index is -1.01. The lowest BCUT2D eigenvalue weighted by molar-refractivity contribution is -0.141. The molecule has 17 heavy (non-hydrogen) atoms. The zero-order valence-corrected chi connectivity index (χ0v) is 10.9. The zero-order valence-electron chi connectivity index (χ0n) is 9.33. The van der Waals surface area contributed by atoms with Crippen molar-refractivity contribution in [1.82, 2.24) is 0 Å². The number of carboxylic acids is 1. The van der Waals surface area contributed by atoms with E-state index in [4.69, 9.17) is 9.84 Å². The third-order valence-electron chi connectivity index (χ3n) is 2.40. The number of hydrogen-bond donors (Lipinski definition) is 2. The SMILES string of the molecule is COc1cc(F)c(Br)c(CC(C)C(=O)O)c1O. The summed E-state index contributed by atoms with van der Waals surface area (Å²) in [5, 5.41) is 18.6. The van der Waals surface area contributed by atoms with E-state index in [1.54, 1.807) is 0 Å². The number of phenols is 1. The molecule has 1 unspecified atom stereocenters. The topological polar surface area (TPSA) is 66.8 Å². The van der Waals surface area contributed by atoms with E-state index in [0.29, 0.717) is 0 Å². The molecule has 6 heteroatoms. The van der Waals surface area contributed by atoms with Gasteiger partial charge in [0.1, 0.15) is 5.82 Å². The van der Waals surface area contributed by atoms with Gasteiger partial charge < -0.3 is 14.9 Å². The van der Waals surface area contributed by atoms with Gasteiger partial charge >= 0.3 is 5.97 Å². The van der Waals surface area contributed by atoms with Crippen molar-refractivity contribution in [1.29, 1.82) is 0 Å². The van der Waals surface area contributed by atoms with Crippen molar-refractivity contribution >= 4 is 21.9 Å². The summed E-state index contributed by atoms with van der Waals surface area (Å²) in [7, 11) is 1.30. The highest BCUT2D eigenvalue weighted by molar-refractivity contribution is 9.10. The van der Waals surface area contributed by atoms with Crippen molar-refractivity contribution in [2.75, 3.05) is 7.11 Å². The highest BCUT2D eigenvalue weighted by atomic mass is 79.9. The fourth-order valence-corrected chi connectivity index (χ4v) is 1.84. The highest BCUT2D eigenvalue weighted by Gasteiger charge is 2.21. The van der Waals surface area contributed by atoms with Crippen molar-refractivity contribution in [3.05, 3.63) is 21.9 Å². The Morgan fingerprint density at radius 3 is 2.71 bits per heavy atom. The van der Waals surface area contributed by atoms with Gasteiger partial charge in [-0.05, 0) is 22.4 Å². The van der Waals surface area contributed by atoms with Crippen LogP contribution >= 0.6 is 15.9 Å². The monoisotopic (exact) mass is 306 g/mol. The molecule has 0 bridgehead atoms. The van der Waals surface area contributed by atoms with Gasteiger partial charge in [0.2, 0.25) is 0 Å². The van der Waals surface area contributed by atoms with Crippen LogP contribution in [0.4, 0.5) is 4.39 Å². The second kappa shape index (κ2) is 5.35. The number of benzene rings is 1. The fraction of sp³-hybridized carbons (Fsp3) is 0.364. The van der Waals surface area contributed by atoms with Gasteiger partial charge in [0.05, 0.1) is 17.5 Å². The largest absolute Gasteiger partial charge is 0.504 e. The van der Waals surface area contributed by atoms with Crippen molar-refractivity contribution in [3.63, 3.8) is 0 Å². The van der Waals surface area contributed by atoms with E-state index in [-0.39, 0.29) is 28.0 Å². The number of aliphatic carboxylic acids is 1. The van der Waals surface area contributed by atoms with E-state index >= 15 is 0 Å². The highest BCUT2D eigenvalue weighted by Crippen LogP contribution is 2.38. The molecule has 0 aliphatic carbocycles. The lowest BCUT2D eigenvalue weighted by Gasteiger charge is -2.13. The number of carbonyl (C=O) groups is 1. The summed E-state index contributed by atoms with van der Waals surface area (Å²) in [6.45, 7) is 1.48.